The molecule has 100 valence electrons. The second-order valence-electron chi connectivity index (χ2n) is 5.44. The molecule has 21 heavy (non-hydrogen) atoms. The summed E-state index contributed by atoms with van der Waals surface area (Å²) in [5.41, 5.74) is 4.36. The van der Waals surface area contributed by atoms with Gasteiger partial charge >= 0.3 is 0 Å². The molecule has 0 amide bonds. The predicted molar refractivity (Wildman–Crippen MR) is 83.4 cm³/mol. The van der Waals surface area contributed by atoms with E-state index in [1.165, 1.54) is 10.9 Å². The van der Waals surface area contributed by atoms with Crippen LogP contribution in [0, 0.1) is 6.92 Å². The number of nitrogens with zero attached hydrogens (tertiary/aromatic N) is 2. The van der Waals surface area contributed by atoms with Crippen LogP contribution in [-0.4, -0.2) is 9.55 Å². The number of rotatable bonds is 0. The van der Waals surface area contributed by atoms with Crippen molar-refractivity contribution in [2.75, 3.05) is 0 Å². The highest BCUT2D eigenvalue weighted by atomic mass is 16.5. The molecular weight excluding hydrogens is 260 g/mol. The van der Waals surface area contributed by atoms with Crippen molar-refractivity contribution in [3.63, 3.8) is 0 Å². The van der Waals surface area contributed by atoms with E-state index in [1.807, 2.05) is 30.5 Å². The summed E-state index contributed by atoms with van der Waals surface area (Å²) in [4.78, 5) is 4.60. The van der Waals surface area contributed by atoms with Crippen molar-refractivity contribution in [2.24, 2.45) is 0 Å². The Hall–Kier alpha value is -2.81. The molecule has 0 fully saturated rings. The first-order chi connectivity index (χ1) is 10.3. The zero-order valence-electron chi connectivity index (χ0n) is 11.5. The zero-order chi connectivity index (χ0) is 14.0. The molecule has 0 unspecified atom stereocenters. The molecule has 0 atom stereocenters. The van der Waals surface area contributed by atoms with E-state index in [0.29, 0.717) is 0 Å². The van der Waals surface area contributed by atoms with Crippen molar-refractivity contribution in [1.82, 2.24) is 9.55 Å². The first kappa shape index (κ1) is 10.9. The van der Waals surface area contributed by atoms with Gasteiger partial charge in [0, 0.05) is 17.0 Å². The lowest BCUT2D eigenvalue weighted by Gasteiger charge is -2.20. The van der Waals surface area contributed by atoms with Crippen molar-refractivity contribution in [2.45, 2.75) is 6.92 Å². The Morgan fingerprint density at radius 2 is 1.86 bits per heavy atom. The maximum absolute atomic E-state index is 6.09. The minimum atomic E-state index is 0.878. The van der Waals surface area contributed by atoms with Crippen LogP contribution in [0.1, 0.15) is 5.56 Å². The van der Waals surface area contributed by atoms with Crippen LogP contribution in [-0.2, 0) is 0 Å². The van der Waals surface area contributed by atoms with Gasteiger partial charge in [-0.05, 0) is 42.8 Å². The average molecular weight is 272 g/mol. The summed E-state index contributed by atoms with van der Waals surface area (Å²) in [6, 6.07) is 16.5. The van der Waals surface area contributed by atoms with Crippen molar-refractivity contribution >= 4 is 21.9 Å². The van der Waals surface area contributed by atoms with Crippen LogP contribution >= 0.6 is 0 Å². The van der Waals surface area contributed by atoms with E-state index in [-0.39, 0.29) is 0 Å². The van der Waals surface area contributed by atoms with Gasteiger partial charge in [-0.15, -0.1) is 0 Å². The maximum atomic E-state index is 6.09. The smallest absolute Gasteiger partial charge is 0.152 e. The minimum absolute atomic E-state index is 0.878. The first-order valence-corrected chi connectivity index (χ1v) is 7.00. The fraction of sp³-hybridized carbons (Fsp3) is 0.0556. The Labute approximate surface area is 121 Å². The zero-order valence-corrected chi connectivity index (χ0v) is 11.5. The lowest BCUT2D eigenvalue weighted by molar-refractivity contribution is 0.476. The van der Waals surface area contributed by atoms with E-state index >= 15 is 0 Å². The molecule has 0 bridgehead atoms. The van der Waals surface area contributed by atoms with E-state index in [2.05, 4.69) is 40.7 Å². The van der Waals surface area contributed by atoms with E-state index in [4.69, 9.17) is 4.74 Å². The second kappa shape index (κ2) is 3.64. The summed E-state index contributed by atoms with van der Waals surface area (Å²) >= 11 is 0. The summed E-state index contributed by atoms with van der Waals surface area (Å²) in [6.07, 6.45) is 1.84. The van der Waals surface area contributed by atoms with Crippen LogP contribution in [0.5, 0.6) is 11.5 Å². The minimum Gasteiger partial charge on any atom is -0.453 e. The summed E-state index contributed by atoms with van der Waals surface area (Å²) < 4.78 is 8.30. The number of para-hydroxylation sites is 1. The summed E-state index contributed by atoms with van der Waals surface area (Å²) in [5, 5.41) is 2.34. The van der Waals surface area contributed by atoms with E-state index in [9.17, 15) is 0 Å². The van der Waals surface area contributed by atoms with Gasteiger partial charge in [-0.1, -0.05) is 18.2 Å². The number of fused-ring (bicyclic) bond motifs is 5. The SMILES string of the molecule is Cc1ccc2c(c1)-n1c3ncccc3c3cccc(c31)O2. The van der Waals surface area contributed by atoms with Gasteiger partial charge in [0.15, 0.2) is 11.5 Å². The van der Waals surface area contributed by atoms with Gasteiger partial charge in [-0.3, -0.25) is 4.57 Å². The molecule has 0 spiro atoms. The van der Waals surface area contributed by atoms with Crippen molar-refractivity contribution < 1.29 is 4.74 Å². The molecule has 2 aromatic heterocycles. The van der Waals surface area contributed by atoms with Gasteiger partial charge in [0.2, 0.25) is 0 Å². The van der Waals surface area contributed by atoms with Crippen molar-refractivity contribution in [3.8, 4) is 17.2 Å². The molecule has 1 aliphatic rings. The Balaban J connectivity index is 2.09. The summed E-state index contributed by atoms with van der Waals surface area (Å²) in [5.74, 6) is 1.77. The Morgan fingerprint density at radius 3 is 2.81 bits per heavy atom. The standard InChI is InChI=1S/C18H12N2O/c1-11-7-8-15-14(10-11)20-17-12(4-2-6-16(17)21-15)13-5-3-9-19-18(13)20/h2-10H,1H3. The molecule has 0 N–H and O–H groups in total. The highest BCUT2D eigenvalue weighted by Crippen LogP contribution is 2.44. The lowest BCUT2D eigenvalue weighted by Crippen LogP contribution is -2.04. The van der Waals surface area contributed by atoms with Gasteiger partial charge in [0.25, 0.3) is 0 Å². The molecule has 5 rings (SSSR count). The molecule has 3 heteroatoms. The molecule has 3 nitrogen and oxygen atoms in total. The summed E-state index contributed by atoms with van der Waals surface area (Å²) in [6.45, 7) is 2.09. The average Bonchev–Trinajstić information content (AvgIpc) is 2.85. The number of aromatic nitrogens is 2. The van der Waals surface area contributed by atoms with Crippen LogP contribution < -0.4 is 4.74 Å². The lowest BCUT2D eigenvalue weighted by atomic mass is 10.1. The van der Waals surface area contributed by atoms with Gasteiger partial charge in [-0.25, -0.2) is 4.98 Å². The van der Waals surface area contributed by atoms with Crippen LogP contribution in [0.4, 0.5) is 0 Å². The number of hydrogen-bond donors (Lipinski definition) is 0. The van der Waals surface area contributed by atoms with E-state index in [0.717, 1.165) is 33.7 Å². The molecule has 1 aliphatic heterocycles. The number of pyridine rings is 1. The Kier molecular flexibility index (Phi) is 1.89. The van der Waals surface area contributed by atoms with Crippen molar-refractivity contribution in [1.29, 1.82) is 0 Å². The number of aryl methyl sites for hydroxylation is 1. The molecule has 2 aromatic carbocycles. The second-order valence-corrected chi connectivity index (χ2v) is 5.44. The van der Waals surface area contributed by atoms with Gasteiger partial charge in [0.05, 0.1) is 11.2 Å². The first-order valence-electron chi connectivity index (χ1n) is 7.00. The molecule has 0 radical (unpaired) electrons. The molecule has 3 heterocycles. The third-order valence-corrected chi connectivity index (χ3v) is 4.09. The fourth-order valence-corrected chi connectivity index (χ4v) is 3.19. The van der Waals surface area contributed by atoms with Gasteiger partial charge in [0.1, 0.15) is 5.65 Å². The normalized spacial score (nSPS) is 12.4. The molecular formula is C18H12N2O. The third-order valence-electron chi connectivity index (χ3n) is 4.09. The van der Waals surface area contributed by atoms with Crippen molar-refractivity contribution in [3.05, 3.63) is 60.3 Å². The highest BCUT2D eigenvalue weighted by molar-refractivity contribution is 6.10. The number of ether oxygens (including phenoxy) is 1. The topological polar surface area (TPSA) is 27.1 Å². The number of benzene rings is 2. The van der Waals surface area contributed by atoms with Crippen LogP contribution in [0.25, 0.3) is 27.6 Å². The summed E-state index contributed by atoms with van der Waals surface area (Å²) in [7, 11) is 0. The molecule has 0 aliphatic carbocycles. The van der Waals surface area contributed by atoms with Crippen LogP contribution in [0.2, 0.25) is 0 Å². The molecule has 0 saturated carbocycles. The highest BCUT2D eigenvalue weighted by Gasteiger charge is 2.23. The van der Waals surface area contributed by atoms with E-state index in [1.54, 1.807) is 0 Å². The Bertz CT molecular complexity index is 1030. The van der Waals surface area contributed by atoms with Gasteiger partial charge < -0.3 is 4.74 Å². The molecule has 4 aromatic rings. The van der Waals surface area contributed by atoms with E-state index < -0.39 is 0 Å². The maximum Gasteiger partial charge on any atom is 0.152 e. The van der Waals surface area contributed by atoms with Crippen LogP contribution in [0.15, 0.2) is 54.7 Å². The Morgan fingerprint density at radius 1 is 0.952 bits per heavy atom. The van der Waals surface area contributed by atoms with Crippen LogP contribution in [0.3, 0.4) is 0 Å². The fourth-order valence-electron chi connectivity index (χ4n) is 3.19. The number of hydrogen-bond acceptors (Lipinski definition) is 2. The monoisotopic (exact) mass is 272 g/mol. The largest absolute Gasteiger partial charge is 0.453 e. The third kappa shape index (κ3) is 1.30. The van der Waals surface area contributed by atoms with Gasteiger partial charge in [-0.2, -0.15) is 0 Å². The quantitative estimate of drug-likeness (QED) is 0.412. The predicted octanol–water partition coefficient (Wildman–Crippen LogP) is 4.59. The molecule has 0 saturated heterocycles.